The minimum absolute atomic E-state index is 0.00121. The van der Waals surface area contributed by atoms with Gasteiger partial charge in [0.1, 0.15) is 24.4 Å². The largest absolute Gasteiger partial charge is 0.463 e. The molecule has 4 rings (SSSR count). The third-order valence-electron chi connectivity index (χ3n) is 13.2. The minimum Gasteiger partial charge on any atom is -0.463 e. The van der Waals surface area contributed by atoms with Crippen molar-refractivity contribution in [1.82, 2.24) is 9.97 Å². The number of aromatic nitrogens is 2. The van der Waals surface area contributed by atoms with E-state index >= 15 is 0 Å². The molecule has 2 aliphatic rings. The van der Waals surface area contributed by atoms with Crippen LogP contribution in [0.25, 0.3) is 0 Å². The zero-order chi connectivity index (χ0) is 42.7. The van der Waals surface area contributed by atoms with Gasteiger partial charge >= 0.3 is 11.9 Å². The van der Waals surface area contributed by atoms with Crippen molar-refractivity contribution in [2.45, 2.75) is 166 Å². The van der Waals surface area contributed by atoms with E-state index in [2.05, 4.69) is 77.7 Å². The van der Waals surface area contributed by atoms with Gasteiger partial charge in [-0.15, -0.1) is 0 Å². The first-order valence-electron chi connectivity index (χ1n) is 20.0. The predicted octanol–water partition coefficient (Wildman–Crippen LogP) is 7.72. The third-order valence-corrected chi connectivity index (χ3v) is 22.2. The van der Waals surface area contributed by atoms with Crippen molar-refractivity contribution in [3.8, 4) is 0 Å². The molecular formula is C42H72N4O8Si2. The highest BCUT2D eigenvalue weighted by Gasteiger charge is 2.54. The van der Waals surface area contributed by atoms with E-state index < -0.39 is 52.0 Å². The van der Waals surface area contributed by atoms with Crippen LogP contribution in [0.5, 0.6) is 0 Å². The summed E-state index contributed by atoms with van der Waals surface area (Å²) in [5.41, 5.74) is 13.3. The molecule has 56 heavy (non-hydrogen) atoms. The second kappa shape index (κ2) is 17.9. The van der Waals surface area contributed by atoms with Gasteiger partial charge in [-0.1, -0.05) is 55.4 Å². The van der Waals surface area contributed by atoms with E-state index in [1.54, 1.807) is 24.8 Å². The number of aliphatic hydroxyl groups is 2. The highest BCUT2D eigenvalue weighted by molar-refractivity contribution is 6.74. The Morgan fingerprint density at radius 2 is 1.02 bits per heavy atom. The van der Waals surface area contributed by atoms with Gasteiger partial charge in [0.2, 0.25) is 0 Å². The molecule has 0 aromatic carbocycles. The SMILES string of the molecule is CC(=O)OC[C@@]1(O)[C@@H](C)C[C@@H](c2ccncc2N)C[C@H]1O[Si](C)(C)C(C)(C)C.CC(=O)OC[C@]1(O)[C@H](C)C[C@H](c2ccncc2N)C[C@@H]1O[Si](C)(C)C(C)(C)C. The zero-order valence-corrected chi connectivity index (χ0v) is 38.6. The lowest BCUT2D eigenvalue weighted by molar-refractivity contribution is -0.177. The Morgan fingerprint density at radius 3 is 1.29 bits per heavy atom. The lowest BCUT2D eigenvalue weighted by Gasteiger charge is -2.51. The topological polar surface area (TPSA) is 189 Å². The van der Waals surface area contributed by atoms with E-state index in [0.29, 0.717) is 24.2 Å². The number of hydrogen-bond donors (Lipinski definition) is 4. The highest BCUT2D eigenvalue weighted by Crippen LogP contribution is 2.49. The first kappa shape index (κ1) is 47.5. The summed E-state index contributed by atoms with van der Waals surface area (Å²) in [6.45, 7) is 28.4. The number of esters is 2. The molecule has 6 N–H and O–H groups in total. The molecule has 8 atom stereocenters. The fourth-order valence-electron chi connectivity index (χ4n) is 7.37. The van der Waals surface area contributed by atoms with Crippen LogP contribution in [0.15, 0.2) is 36.9 Å². The Balaban J connectivity index is 0.000000300. The monoisotopic (exact) mass is 816 g/mol. The standard InChI is InChI=1S/2C21H36N2O4Si/c2*1-14-10-16(17-8-9-23-12-18(17)22)11-19(21(14,25)13-26-15(2)24)27-28(6,7)20(3,4)5/h2*8-9,12,14,16,19,25H,10-11,13,22H2,1-7H3/t2*14-,16+,19+,21+/m10/s1. The van der Waals surface area contributed by atoms with Gasteiger partial charge in [-0.3, -0.25) is 19.6 Å². The number of pyridine rings is 2. The Labute approximate surface area is 338 Å². The van der Waals surface area contributed by atoms with E-state index in [-0.39, 0.29) is 47.0 Å². The van der Waals surface area contributed by atoms with Gasteiger partial charge in [-0.05, 0) is 109 Å². The summed E-state index contributed by atoms with van der Waals surface area (Å²) < 4.78 is 23.9. The van der Waals surface area contributed by atoms with Gasteiger partial charge in [-0.25, -0.2) is 0 Å². The molecule has 2 aromatic heterocycles. The molecule has 2 saturated carbocycles. The highest BCUT2D eigenvalue weighted by atomic mass is 28.4. The second-order valence-corrected chi connectivity index (χ2v) is 28.9. The van der Waals surface area contributed by atoms with Crippen LogP contribution in [0.1, 0.15) is 118 Å². The fraction of sp³-hybridized carbons (Fsp3) is 0.714. The number of anilines is 2. The van der Waals surface area contributed by atoms with Crippen LogP contribution in [-0.4, -0.2) is 85.4 Å². The normalized spacial score (nSPS) is 28.8. The number of nitrogens with two attached hydrogens (primary N) is 2. The number of carbonyl (C=O) groups excluding carboxylic acids is 2. The first-order valence-corrected chi connectivity index (χ1v) is 25.8. The van der Waals surface area contributed by atoms with Crippen molar-refractivity contribution in [2.75, 3.05) is 24.7 Å². The van der Waals surface area contributed by atoms with Crippen molar-refractivity contribution in [3.05, 3.63) is 48.0 Å². The van der Waals surface area contributed by atoms with E-state index in [0.717, 1.165) is 24.0 Å². The van der Waals surface area contributed by atoms with Gasteiger partial charge in [0, 0.05) is 26.2 Å². The molecule has 2 aliphatic carbocycles. The van der Waals surface area contributed by atoms with Gasteiger partial charge < -0.3 is 40.0 Å². The van der Waals surface area contributed by atoms with Gasteiger partial charge in [0.15, 0.2) is 16.6 Å². The summed E-state index contributed by atoms with van der Waals surface area (Å²) in [4.78, 5) is 31.0. The molecule has 0 spiro atoms. The summed E-state index contributed by atoms with van der Waals surface area (Å²) in [5.74, 6) is -0.712. The molecule has 0 bridgehead atoms. The molecule has 0 radical (unpaired) electrons. The summed E-state index contributed by atoms with van der Waals surface area (Å²) in [6.07, 6.45) is 8.70. The number of hydrogen-bond acceptors (Lipinski definition) is 12. The van der Waals surface area contributed by atoms with Gasteiger partial charge in [0.25, 0.3) is 0 Å². The van der Waals surface area contributed by atoms with Crippen molar-refractivity contribution in [2.24, 2.45) is 11.8 Å². The molecule has 2 aromatic rings. The number of carbonyl (C=O) groups is 2. The average molecular weight is 817 g/mol. The molecule has 316 valence electrons. The zero-order valence-electron chi connectivity index (χ0n) is 36.6. The van der Waals surface area contributed by atoms with Gasteiger partial charge in [0.05, 0.1) is 36.0 Å². The van der Waals surface area contributed by atoms with Crippen LogP contribution in [-0.2, 0) is 27.9 Å². The summed E-state index contributed by atoms with van der Waals surface area (Å²) in [5, 5.41) is 23.2. The maximum Gasteiger partial charge on any atom is 0.302 e. The average Bonchev–Trinajstić information content (AvgIpc) is 3.06. The third kappa shape index (κ3) is 11.2. The van der Waals surface area contributed by atoms with E-state index in [9.17, 15) is 19.8 Å². The Kier molecular flexibility index (Phi) is 15.2. The maximum atomic E-state index is 11.6. The summed E-state index contributed by atoms with van der Waals surface area (Å²) >= 11 is 0. The number of ether oxygens (including phenoxy) is 2. The molecule has 2 fully saturated rings. The number of rotatable bonds is 10. The van der Waals surface area contributed by atoms with Crippen molar-refractivity contribution >= 4 is 39.9 Å². The van der Waals surface area contributed by atoms with Crippen molar-refractivity contribution < 1.29 is 38.1 Å². The lowest BCUT2D eigenvalue weighted by atomic mass is 9.68. The van der Waals surface area contributed by atoms with Crippen LogP contribution in [0, 0.1) is 11.8 Å². The Morgan fingerprint density at radius 1 is 0.696 bits per heavy atom. The first-order chi connectivity index (χ1) is 25.6. The molecule has 0 amide bonds. The van der Waals surface area contributed by atoms with E-state index in [1.807, 2.05) is 26.0 Å². The van der Waals surface area contributed by atoms with Crippen LogP contribution in [0.3, 0.4) is 0 Å². The second-order valence-electron chi connectivity index (χ2n) is 19.4. The van der Waals surface area contributed by atoms with Gasteiger partial charge in [-0.2, -0.15) is 0 Å². The van der Waals surface area contributed by atoms with Crippen LogP contribution < -0.4 is 11.5 Å². The van der Waals surface area contributed by atoms with Crippen LogP contribution in [0.2, 0.25) is 36.3 Å². The molecule has 14 heteroatoms. The molecule has 0 unspecified atom stereocenters. The minimum atomic E-state index is -2.16. The van der Waals surface area contributed by atoms with Crippen molar-refractivity contribution in [1.29, 1.82) is 0 Å². The van der Waals surface area contributed by atoms with E-state index in [1.165, 1.54) is 13.8 Å². The molecule has 0 aliphatic heterocycles. The van der Waals surface area contributed by atoms with Crippen LogP contribution >= 0.6 is 0 Å². The van der Waals surface area contributed by atoms with Crippen molar-refractivity contribution in [3.63, 3.8) is 0 Å². The molecule has 0 saturated heterocycles. The Bertz CT molecular complexity index is 1530. The number of nitrogen functional groups attached to an aromatic ring is 2. The quantitative estimate of drug-likeness (QED) is 0.135. The summed E-state index contributed by atoms with van der Waals surface area (Å²) in [7, 11) is -4.31. The van der Waals surface area contributed by atoms with E-state index in [4.69, 9.17) is 29.8 Å². The maximum absolute atomic E-state index is 11.6. The van der Waals surface area contributed by atoms with Crippen LogP contribution in [0.4, 0.5) is 11.4 Å². The molecular weight excluding hydrogens is 745 g/mol. The molecule has 2 heterocycles. The smallest absolute Gasteiger partial charge is 0.302 e. The summed E-state index contributed by atoms with van der Waals surface area (Å²) in [6, 6.07) is 3.90. The Hall–Kier alpha value is -2.89. The predicted molar refractivity (Wildman–Crippen MR) is 227 cm³/mol. The molecule has 12 nitrogen and oxygen atoms in total. The fourth-order valence-corrected chi connectivity index (χ4v) is 10.1. The number of nitrogens with zero attached hydrogens (tertiary/aromatic N) is 2. The lowest BCUT2D eigenvalue weighted by Crippen LogP contribution is -2.60.